The first-order valence-electron chi connectivity index (χ1n) is 15.4. The summed E-state index contributed by atoms with van der Waals surface area (Å²) < 4.78 is 16.4. The minimum absolute atomic E-state index is 0.399. The number of nitrogens with one attached hydrogen (secondary N) is 2. The van der Waals surface area contributed by atoms with Crippen molar-refractivity contribution >= 4 is 6.09 Å². The van der Waals surface area contributed by atoms with Crippen LogP contribution in [0.5, 0.6) is 0 Å². The fourth-order valence-electron chi connectivity index (χ4n) is 4.94. The van der Waals surface area contributed by atoms with E-state index < -0.39 is 42.3 Å². The van der Waals surface area contributed by atoms with Crippen molar-refractivity contribution in [2.45, 2.75) is 167 Å². The van der Waals surface area contributed by atoms with Gasteiger partial charge in [0.1, 0.15) is 30.0 Å². The lowest BCUT2D eigenvalue weighted by Crippen LogP contribution is -2.65. The summed E-state index contributed by atoms with van der Waals surface area (Å²) in [5, 5.41) is 27.0. The summed E-state index contributed by atoms with van der Waals surface area (Å²) >= 11 is 0. The van der Waals surface area contributed by atoms with E-state index in [-0.39, 0.29) is 0 Å². The highest BCUT2D eigenvalue weighted by molar-refractivity contribution is 5.68. The highest BCUT2D eigenvalue weighted by Gasteiger charge is 2.45. The molecule has 226 valence electrons. The number of hydrogen-bond acceptors (Lipinski definition) is 7. The van der Waals surface area contributed by atoms with Crippen LogP contribution in [0.15, 0.2) is 0 Å². The first-order chi connectivity index (χ1) is 18.2. The molecule has 4 N–H and O–H groups in total. The largest absolute Gasteiger partial charge is 0.444 e. The number of aliphatic hydroxyl groups is 2. The molecule has 0 aliphatic carbocycles. The molecule has 1 rings (SSSR count). The van der Waals surface area contributed by atoms with E-state index in [0.29, 0.717) is 6.54 Å². The van der Waals surface area contributed by atoms with Crippen LogP contribution in [0.3, 0.4) is 0 Å². The lowest BCUT2D eigenvalue weighted by Gasteiger charge is -2.42. The summed E-state index contributed by atoms with van der Waals surface area (Å²) in [7, 11) is 1.44. The molecular weight excluding hydrogens is 484 g/mol. The quantitative estimate of drug-likeness (QED) is 0.135. The van der Waals surface area contributed by atoms with E-state index in [1.807, 2.05) is 0 Å². The number of alkyl carbamates (subject to hydrolysis) is 1. The maximum absolute atomic E-state index is 12.1. The monoisotopic (exact) mass is 544 g/mol. The van der Waals surface area contributed by atoms with E-state index in [9.17, 15) is 15.0 Å². The van der Waals surface area contributed by atoms with Crippen molar-refractivity contribution < 1.29 is 29.2 Å². The van der Waals surface area contributed by atoms with Gasteiger partial charge in [-0.05, 0) is 33.7 Å². The number of unbranched alkanes of at least 4 members (excludes halogenated alkanes) is 15. The Kier molecular flexibility index (Phi) is 19.3. The third kappa shape index (κ3) is 16.2. The van der Waals surface area contributed by atoms with Gasteiger partial charge >= 0.3 is 6.09 Å². The summed E-state index contributed by atoms with van der Waals surface area (Å²) in [6.07, 6.45) is 16.9. The molecule has 1 saturated heterocycles. The summed E-state index contributed by atoms with van der Waals surface area (Å²) in [5.41, 5.74) is -0.676. The predicted molar refractivity (Wildman–Crippen MR) is 153 cm³/mol. The Labute approximate surface area is 233 Å². The molecule has 0 unspecified atom stereocenters. The van der Waals surface area contributed by atoms with Crippen molar-refractivity contribution in [3.8, 4) is 0 Å². The van der Waals surface area contributed by atoms with Crippen molar-refractivity contribution in [3.05, 3.63) is 0 Å². The number of hydrogen-bond donors (Lipinski definition) is 4. The lowest BCUT2D eigenvalue weighted by atomic mass is 9.96. The standard InChI is InChI=1S/C30H60N2O6/c1-6-7-8-9-10-11-12-13-14-15-16-17-18-19-20-21-22-31-23-24-26(33)27(34)25(28(36-5)37-24)32-29(35)38-30(2,3)4/h24-28,31,33-34H,6-23H2,1-5H3,(H,32,35)/t24-,25+,26-,27-,28+/m1/s1. The molecule has 0 bridgehead atoms. The van der Waals surface area contributed by atoms with Crippen LogP contribution in [0.1, 0.15) is 130 Å². The topological polar surface area (TPSA) is 109 Å². The van der Waals surface area contributed by atoms with Crippen molar-refractivity contribution in [3.63, 3.8) is 0 Å². The Hall–Kier alpha value is -0.930. The van der Waals surface area contributed by atoms with Crippen LogP contribution in [0.4, 0.5) is 4.79 Å². The molecule has 38 heavy (non-hydrogen) atoms. The number of carbonyl (C=O) groups is 1. The fourth-order valence-corrected chi connectivity index (χ4v) is 4.94. The maximum atomic E-state index is 12.1. The van der Waals surface area contributed by atoms with Gasteiger partial charge in [0.25, 0.3) is 0 Å². The molecule has 8 heteroatoms. The third-order valence-electron chi connectivity index (χ3n) is 7.17. The highest BCUT2D eigenvalue weighted by Crippen LogP contribution is 2.22. The average molecular weight is 545 g/mol. The second kappa shape index (κ2) is 20.9. The molecule has 8 nitrogen and oxygen atoms in total. The van der Waals surface area contributed by atoms with E-state index in [1.54, 1.807) is 20.8 Å². The minimum Gasteiger partial charge on any atom is -0.444 e. The van der Waals surface area contributed by atoms with Crippen molar-refractivity contribution in [1.29, 1.82) is 0 Å². The Bertz CT molecular complexity index is 584. The van der Waals surface area contributed by atoms with Crippen LogP contribution in [-0.2, 0) is 14.2 Å². The molecule has 0 aromatic rings. The zero-order chi connectivity index (χ0) is 28.2. The third-order valence-corrected chi connectivity index (χ3v) is 7.17. The van der Waals surface area contributed by atoms with Crippen molar-refractivity contribution in [2.75, 3.05) is 20.2 Å². The molecule has 5 atom stereocenters. The predicted octanol–water partition coefficient (Wildman–Crippen LogP) is 5.82. The summed E-state index contributed by atoms with van der Waals surface area (Å²) in [6, 6.07) is -0.929. The molecule has 1 fully saturated rings. The highest BCUT2D eigenvalue weighted by atomic mass is 16.7. The Morgan fingerprint density at radius 1 is 0.789 bits per heavy atom. The van der Waals surface area contributed by atoms with E-state index in [0.717, 1.165) is 13.0 Å². The van der Waals surface area contributed by atoms with Gasteiger partial charge in [-0.1, -0.05) is 103 Å². The Morgan fingerprint density at radius 3 is 1.71 bits per heavy atom. The molecule has 1 aliphatic heterocycles. The van der Waals surface area contributed by atoms with Crippen LogP contribution < -0.4 is 10.6 Å². The van der Waals surface area contributed by atoms with Gasteiger partial charge in [-0.15, -0.1) is 0 Å². The summed E-state index contributed by atoms with van der Waals surface area (Å²) in [4.78, 5) is 12.1. The van der Waals surface area contributed by atoms with Gasteiger partial charge in [-0.3, -0.25) is 0 Å². The normalized spacial score (nSPS) is 23.9. The van der Waals surface area contributed by atoms with Crippen LogP contribution in [-0.4, -0.2) is 72.8 Å². The second-order valence-corrected chi connectivity index (χ2v) is 11.9. The minimum atomic E-state index is -1.23. The van der Waals surface area contributed by atoms with Crippen molar-refractivity contribution in [2.24, 2.45) is 0 Å². The molecule has 0 radical (unpaired) electrons. The molecule has 0 spiro atoms. The van der Waals surface area contributed by atoms with Gasteiger partial charge in [0, 0.05) is 13.7 Å². The van der Waals surface area contributed by atoms with E-state index in [4.69, 9.17) is 14.2 Å². The van der Waals surface area contributed by atoms with E-state index in [2.05, 4.69) is 17.6 Å². The number of ether oxygens (including phenoxy) is 3. The zero-order valence-corrected chi connectivity index (χ0v) is 25.1. The first-order valence-corrected chi connectivity index (χ1v) is 15.4. The van der Waals surface area contributed by atoms with Crippen LogP contribution in [0.25, 0.3) is 0 Å². The van der Waals surface area contributed by atoms with Gasteiger partial charge < -0.3 is 35.1 Å². The lowest BCUT2D eigenvalue weighted by molar-refractivity contribution is -0.254. The number of carbonyl (C=O) groups excluding carboxylic acids is 1. The molecule has 0 aromatic heterocycles. The fraction of sp³-hybridized carbons (Fsp3) is 0.967. The molecule has 0 saturated carbocycles. The van der Waals surface area contributed by atoms with E-state index in [1.165, 1.54) is 103 Å². The Balaban J connectivity index is 2.05. The van der Waals surface area contributed by atoms with Gasteiger partial charge in [-0.25, -0.2) is 4.79 Å². The van der Waals surface area contributed by atoms with Crippen molar-refractivity contribution in [1.82, 2.24) is 10.6 Å². The summed E-state index contributed by atoms with van der Waals surface area (Å²) in [5.74, 6) is 0. The number of amides is 1. The van der Waals surface area contributed by atoms with Gasteiger partial charge in [0.2, 0.25) is 0 Å². The number of aliphatic hydroxyl groups excluding tert-OH is 2. The Morgan fingerprint density at radius 2 is 1.26 bits per heavy atom. The maximum Gasteiger partial charge on any atom is 0.408 e. The van der Waals surface area contributed by atoms with Gasteiger partial charge in [0.05, 0.1) is 0 Å². The number of methoxy groups -OCH3 is 1. The number of rotatable bonds is 21. The second-order valence-electron chi connectivity index (χ2n) is 11.9. The average Bonchev–Trinajstić information content (AvgIpc) is 2.86. The smallest absolute Gasteiger partial charge is 0.408 e. The SMILES string of the molecule is CCCCCCCCCCCCCCCCCCNC[C@H]1O[C@H](OC)[C@@H](NC(=O)OC(C)(C)C)[C@@H](O)[C@@H]1O. The van der Waals surface area contributed by atoms with Crippen LogP contribution in [0.2, 0.25) is 0 Å². The summed E-state index contributed by atoms with van der Waals surface area (Å²) in [6.45, 7) is 8.77. The van der Waals surface area contributed by atoms with Crippen LogP contribution in [0, 0.1) is 0 Å². The molecule has 1 amide bonds. The molecule has 0 aromatic carbocycles. The zero-order valence-electron chi connectivity index (χ0n) is 25.1. The molecular formula is C30H60N2O6. The molecule has 1 aliphatic rings. The van der Waals surface area contributed by atoms with E-state index >= 15 is 0 Å². The first kappa shape index (κ1) is 35.1. The van der Waals surface area contributed by atoms with Gasteiger partial charge in [0.15, 0.2) is 6.29 Å². The van der Waals surface area contributed by atoms with Crippen LogP contribution >= 0.6 is 0 Å². The molecule has 1 heterocycles. The van der Waals surface area contributed by atoms with Gasteiger partial charge in [-0.2, -0.15) is 0 Å².